The smallest absolute Gasteiger partial charge is 0.123 e. The topological polar surface area (TPSA) is 26.0 Å². The van der Waals surface area contributed by atoms with Crippen molar-refractivity contribution in [2.24, 2.45) is 11.7 Å². The third kappa shape index (κ3) is 6.02. The maximum Gasteiger partial charge on any atom is 0.123 e. The highest BCUT2D eigenvalue weighted by atomic mass is 14.6. The van der Waals surface area contributed by atoms with Crippen LogP contribution in [0.15, 0.2) is 0 Å². The molecule has 1 nitrogen and oxygen atoms in total. The first-order valence-electron chi connectivity index (χ1n) is 2.88. The lowest BCUT2D eigenvalue weighted by Crippen LogP contribution is -2.21. The highest BCUT2D eigenvalue weighted by Gasteiger charge is 1.96. The lowest BCUT2D eigenvalue weighted by molar-refractivity contribution is 0.571. The summed E-state index contributed by atoms with van der Waals surface area (Å²) in [6, 6.07) is 0. The Bertz CT molecular complexity index is 37.3. The minimum atomic E-state index is 0.375. The Morgan fingerprint density at radius 1 is 1.57 bits per heavy atom. The molecular formula is C5H14BN. The second kappa shape index (κ2) is 3.08. The maximum absolute atomic E-state index is 5.49. The third-order valence-electron chi connectivity index (χ3n) is 0.843. The molecule has 0 spiro atoms. The summed E-state index contributed by atoms with van der Waals surface area (Å²) in [6.45, 7) is 4.37. The normalized spacial score (nSPS) is 14.9. The van der Waals surface area contributed by atoms with Crippen LogP contribution < -0.4 is 5.73 Å². The van der Waals surface area contributed by atoms with Gasteiger partial charge in [-0.2, -0.15) is 0 Å². The largest absolute Gasteiger partial charge is 0.335 e. The van der Waals surface area contributed by atoms with E-state index in [4.69, 9.17) is 5.73 Å². The van der Waals surface area contributed by atoms with Gasteiger partial charge < -0.3 is 5.73 Å². The second-order valence-corrected chi connectivity index (χ2v) is 2.61. The molecule has 0 aromatic carbocycles. The minimum Gasteiger partial charge on any atom is -0.335 e. The van der Waals surface area contributed by atoms with E-state index in [0.29, 0.717) is 5.94 Å². The molecule has 0 radical (unpaired) electrons. The van der Waals surface area contributed by atoms with Crippen LogP contribution in [0.1, 0.15) is 20.3 Å². The van der Waals surface area contributed by atoms with Gasteiger partial charge in [-0.1, -0.05) is 13.8 Å². The molecule has 0 aliphatic heterocycles. The van der Waals surface area contributed by atoms with E-state index in [2.05, 4.69) is 13.8 Å². The average Bonchev–Trinajstić information content (AvgIpc) is 1.27. The Morgan fingerprint density at radius 3 is 2.00 bits per heavy atom. The quantitative estimate of drug-likeness (QED) is 0.482. The fraction of sp³-hybridized carbons (Fsp3) is 1.00. The zero-order valence-electron chi connectivity index (χ0n) is 5.44. The molecule has 0 aromatic rings. The van der Waals surface area contributed by atoms with Gasteiger partial charge >= 0.3 is 0 Å². The molecule has 0 aliphatic rings. The summed E-state index contributed by atoms with van der Waals surface area (Å²) >= 11 is 0. The van der Waals surface area contributed by atoms with Gasteiger partial charge in [0, 0.05) is 0 Å². The van der Waals surface area contributed by atoms with Crippen LogP contribution in [0.4, 0.5) is 0 Å². The minimum absolute atomic E-state index is 0.375. The van der Waals surface area contributed by atoms with Crippen LogP contribution in [-0.2, 0) is 0 Å². The maximum atomic E-state index is 5.49. The van der Waals surface area contributed by atoms with Gasteiger partial charge in [-0.05, 0) is 18.3 Å². The average molecular weight is 99.0 g/mol. The number of hydrogen-bond donors (Lipinski definition) is 1. The Kier molecular flexibility index (Phi) is 3.09. The lowest BCUT2D eigenvalue weighted by Gasteiger charge is -2.05. The van der Waals surface area contributed by atoms with Crippen molar-refractivity contribution in [1.29, 1.82) is 0 Å². The van der Waals surface area contributed by atoms with E-state index in [0.717, 1.165) is 12.3 Å². The van der Waals surface area contributed by atoms with Crippen LogP contribution in [0.2, 0.25) is 0 Å². The Hall–Kier alpha value is 0.0249. The highest BCUT2D eigenvalue weighted by Crippen LogP contribution is 1.98. The summed E-state index contributed by atoms with van der Waals surface area (Å²) in [5.74, 6) is 1.12. The zero-order valence-corrected chi connectivity index (χ0v) is 5.44. The molecule has 0 aromatic heterocycles. The molecule has 0 fully saturated rings. The van der Waals surface area contributed by atoms with Crippen LogP contribution >= 0.6 is 0 Å². The SMILES string of the molecule is B[C@@H](N)CC(C)C. The number of nitrogens with two attached hydrogens (primary N) is 1. The Balaban J connectivity index is 2.95. The van der Waals surface area contributed by atoms with Gasteiger partial charge in [0.25, 0.3) is 0 Å². The Labute approximate surface area is 46.7 Å². The van der Waals surface area contributed by atoms with E-state index in [-0.39, 0.29) is 0 Å². The predicted octanol–water partition coefficient (Wildman–Crippen LogP) is -0.0496. The zero-order chi connectivity index (χ0) is 5.86. The van der Waals surface area contributed by atoms with Gasteiger partial charge in [-0.3, -0.25) is 0 Å². The summed E-state index contributed by atoms with van der Waals surface area (Å²) in [6.07, 6.45) is 1.14. The molecule has 0 heterocycles. The first-order valence-corrected chi connectivity index (χ1v) is 2.88. The molecule has 7 heavy (non-hydrogen) atoms. The molecule has 1 atom stereocenters. The molecule has 0 aliphatic carbocycles. The van der Waals surface area contributed by atoms with Gasteiger partial charge in [0.05, 0.1) is 0 Å². The molecule has 0 saturated carbocycles. The van der Waals surface area contributed by atoms with Gasteiger partial charge in [0.1, 0.15) is 7.85 Å². The first-order chi connectivity index (χ1) is 3.13. The van der Waals surface area contributed by atoms with E-state index in [1.807, 2.05) is 7.85 Å². The molecular weight excluding hydrogens is 84.9 g/mol. The first kappa shape index (κ1) is 7.02. The van der Waals surface area contributed by atoms with Crippen LogP contribution in [-0.4, -0.2) is 13.8 Å². The van der Waals surface area contributed by atoms with Crippen molar-refractivity contribution in [3.05, 3.63) is 0 Å². The van der Waals surface area contributed by atoms with E-state index in [1.165, 1.54) is 0 Å². The predicted molar refractivity (Wildman–Crippen MR) is 36.0 cm³/mol. The van der Waals surface area contributed by atoms with Gasteiger partial charge in [0.2, 0.25) is 0 Å². The lowest BCUT2D eigenvalue weighted by atomic mass is 9.89. The number of rotatable bonds is 2. The summed E-state index contributed by atoms with van der Waals surface area (Å²) < 4.78 is 0. The molecule has 2 heteroatoms. The van der Waals surface area contributed by atoms with Crippen LogP contribution in [0, 0.1) is 5.92 Å². The fourth-order valence-electron chi connectivity index (χ4n) is 0.744. The van der Waals surface area contributed by atoms with Crippen molar-refractivity contribution in [2.45, 2.75) is 26.2 Å². The van der Waals surface area contributed by atoms with E-state index >= 15 is 0 Å². The van der Waals surface area contributed by atoms with Crippen molar-refractivity contribution in [2.75, 3.05) is 0 Å². The highest BCUT2D eigenvalue weighted by molar-refractivity contribution is 6.11. The van der Waals surface area contributed by atoms with Gasteiger partial charge in [-0.25, -0.2) is 0 Å². The summed E-state index contributed by atoms with van der Waals surface area (Å²) in [5.41, 5.74) is 5.49. The van der Waals surface area contributed by atoms with Crippen LogP contribution in [0.3, 0.4) is 0 Å². The summed E-state index contributed by atoms with van der Waals surface area (Å²) in [4.78, 5) is 0. The third-order valence-corrected chi connectivity index (χ3v) is 0.843. The standard InChI is InChI=1S/C5H14BN/c1-4(2)3-5(6)7/h4-5H,3,6-7H2,1-2H3/t5-/m0/s1. The van der Waals surface area contributed by atoms with Crippen molar-refractivity contribution in [3.8, 4) is 0 Å². The number of hydrogen-bond acceptors (Lipinski definition) is 1. The van der Waals surface area contributed by atoms with Crippen LogP contribution in [0.25, 0.3) is 0 Å². The van der Waals surface area contributed by atoms with Crippen LogP contribution in [0.5, 0.6) is 0 Å². The van der Waals surface area contributed by atoms with Crippen molar-refractivity contribution in [3.63, 3.8) is 0 Å². The van der Waals surface area contributed by atoms with E-state index in [9.17, 15) is 0 Å². The fourth-order valence-corrected chi connectivity index (χ4v) is 0.744. The molecule has 42 valence electrons. The molecule has 0 saturated heterocycles. The summed E-state index contributed by atoms with van der Waals surface area (Å²) in [5, 5.41) is 0. The molecule has 0 bridgehead atoms. The second-order valence-electron chi connectivity index (χ2n) is 2.61. The molecule has 0 unspecified atom stereocenters. The molecule has 0 rings (SSSR count). The summed E-state index contributed by atoms with van der Waals surface area (Å²) in [7, 11) is 2.04. The molecule has 0 amide bonds. The van der Waals surface area contributed by atoms with Crippen molar-refractivity contribution < 1.29 is 0 Å². The van der Waals surface area contributed by atoms with Crippen molar-refractivity contribution in [1.82, 2.24) is 0 Å². The van der Waals surface area contributed by atoms with Gasteiger partial charge in [-0.15, -0.1) is 0 Å². The van der Waals surface area contributed by atoms with E-state index in [1.54, 1.807) is 0 Å². The van der Waals surface area contributed by atoms with Gasteiger partial charge in [0.15, 0.2) is 0 Å². The Morgan fingerprint density at radius 2 is 2.00 bits per heavy atom. The molecule has 2 N–H and O–H groups in total. The van der Waals surface area contributed by atoms with Crippen molar-refractivity contribution >= 4 is 7.85 Å². The monoisotopic (exact) mass is 99.1 g/mol. The van der Waals surface area contributed by atoms with E-state index < -0.39 is 0 Å².